The van der Waals surface area contributed by atoms with E-state index in [-0.39, 0.29) is 0 Å². The summed E-state index contributed by atoms with van der Waals surface area (Å²) in [5.41, 5.74) is 0. The maximum Gasteiger partial charge on any atom is 0.106 e. The highest BCUT2D eigenvalue weighted by Crippen LogP contribution is 1.90. The molecular formula is C9H15NO. The Morgan fingerprint density at radius 2 is 2.27 bits per heavy atom. The predicted octanol–water partition coefficient (Wildman–Crippen LogP) is 2.20. The van der Waals surface area contributed by atoms with Crippen LogP contribution in [0.15, 0.2) is 5.16 Å². The largest absolute Gasteiger partial charge is 0.399 e. The lowest BCUT2D eigenvalue weighted by atomic mass is 10.2. The molecule has 0 saturated heterocycles. The van der Waals surface area contributed by atoms with Gasteiger partial charge in [-0.05, 0) is 12.8 Å². The monoisotopic (exact) mass is 153 g/mol. The Bertz CT molecular complexity index is 153. The fourth-order valence-electron chi connectivity index (χ4n) is 0.622. The molecule has 2 heteroatoms. The Kier molecular flexibility index (Phi) is 8.23. The Hall–Kier alpha value is -0.970. The van der Waals surface area contributed by atoms with Crippen molar-refractivity contribution in [2.24, 2.45) is 5.16 Å². The van der Waals surface area contributed by atoms with E-state index in [2.05, 4.69) is 28.8 Å². The molecule has 0 aliphatic carbocycles. The van der Waals surface area contributed by atoms with Gasteiger partial charge in [-0.15, -0.1) is 11.8 Å². The second kappa shape index (κ2) is 9.03. The highest BCUT2D eigenvalue weighted by Gasteiger charge is 1.79. The number of nitrogens with zero attached hydrogens (tertiary/aromatic N) is 1. The predicted molar refractivity (Wildman–Crippen MR) is 47.4 cm³/mol. The highest BCUT2D eigenvalue weighted by atomic mass is 16.6. The van der Waals surface area contributed by atoms with Crippen LogP contribution in [0.5, 0.6) is 0 Å². The van der Waals surface area contributed by atoms with E-state index < -0.39 is 0 Å². The number of hydrogen-bond donors (Lipinski definition) is 0. The van der Waals surface area contributed by atoms with Crippen molar-refractivity contribution >= 4 is 6.21 Å². The van der Waals surface area contributed by atoms with Gasteiger partial charge < -0.3 is 4.84 Å². The number of hydrogen-bond acceptors (Lipinski definition) is 2. The summed E-state index contributed by atoms with van der Waals surface area (Å²) in [4.78, 5) is 4.50. The Labute approximate surface area is 68.6 Å². The van der Waals surface area contributed by atoms with Gasteiger partial charge in [-0.25, -0.2) is 0 Å². The Morgan fingerprint density at radius 1 is 1.45 bits per heavy atom. The van der Waals surface area contributed by atoms with Crippen LogP contribution in [0.4, 0.5) is 0 Å². The number of oxime groups is 1. The van der Waals surface area contributed by atoms with Crippen molar-refractivity contribution in [2.45, 2.75) is 32.6 Å². The molecule has 0 aliphatic rings. The molecule has 0 amide bonds. The lowest BCUT2D eigenvalue weighted by Crippen LogP contribution is -1.77. The standard InChI is InChI=1S/C9H15NO/c1-3-4-5-6-7-8-9-10-11-2/h9H,3,6-8H2,1-2H3. The van der Waals surface area contributed by atoms with Gasteiger partial charge in [-0.1, -0.05) is 12.1 Å². The van der Waals surface area contributed by atoms with Crippen LogP contribution in [-0.4, -0.2) is 13.3 Å². The molecule has 0 aromatic rings. The Morgan fingerprint density at radius 3 is 2.91 bits per heavy atom. The summed E-state index contributed by atoms with van der Waals surface area (Å²) >= 11 is 0. The molecule has 2 nitrogen and oxygen atoms in total. The van der Waals surface area contributed by atoms with Crippen molar-refractivity contribution in [3.8, 4) is 11.8 Å². The van der Waals surface area contributed by atoms with Crippen LogP contribution < -0.4 is 0 Å². The first-order chi connectivity index (χ1) is 5.41. The first-order valence-electron chi connectivity index (χ1n) is 3.92. The van der Waals surface area contributed by atoms with Gasteiger partial charge in [0.2, 0.25) is 0 Å². The minimum Gasteiger partial charge on any atom is -0.399 e. The van der Waals surface area contributed by atoms with Crippen LogP contribution >= 0.6 is 0 Å². The molecule has 0 heterocycles. The minimum atomic E-state index is 0.951. The van der Waals surface area contributed by atoms with Crippen molar-refractivity contribution in [1.29, 1.82) is 0 Å². The molecule has 0 atom stereocenters. The van der Waals surface area contributed by atoms with E-state index in [0.29, 0.717) is 0 Å². The first kappa shape index (κ1) is 10.0. The topological polar surface area (TPSA) is 21.6 Å². The van der Waals surface area contributed by atoms with Gasteiger partial charge in [0.05, 0.1) is 0 Å². The highest BCUT2D eigenvalue weighted by molar-refractivity contribution is 5.56. The van der Waals surface area contributed by atoms with Gasteiger partial charge in [-0.3, -0.25) is 0 Å². The van der Waals surface area contributed by atoms with E-state index in [1.54, 1.807) is 13.3 Å². The lowest BCUT2D eigenvalue weighted by Gasteiger charge is -1.86. The maximum atomic E-state index is 4.50. The third-order valence-corrected chi connectivity index (χ3v) is 1.12. The van der Waals surface area contributed by atoms with Crippen LogP contribution in [0.3, 0.4) is 0 Å². The molecule has 0 aromatic heterocycles. The number of unbranched alkanes of at least 4 members (excludes halogenated alkanes) is 2. The fourth-order valence-corrected chi connectivity index (χ4v) is 0.622. The summed E-state index contributed by atoms with van der Waals surface area (Å²) in [5, 5.41) is 3.62. The third kappa shape index (κ3) is 9.03. The van der Waals surface area contributed by atoms with Crippen LogP contribution in [0.25, 0.3) is 0 Å². The van der Waals surface area contributed by atoms with Gasteiger partial charge in [0.1, 0.15) is 7.11 Å². The molecule has 0 rings (SSSR count). The maximum absolute atomic E-state index is 4.50. The molecule has 0 unspecified atom stereocenters. The van der Waals surface area contributed by atoms with Crippen LogP contribution in [0.1, 0.15) is 32.6 Å². The molecule has 0 N–H and O–H groups in total. The van der Waals surface area contributed by atoms with Gasteiger partial charge >= 0.3 is 0 Å². The van der Waals surface area contributed by atoms with E-state index in [9.17, 15) is 0 Å². The zero-order chi connectivity index (χ0) is 8.36. The van der Waals surface area contributed by atoms with Gasteiger partial charge in [-0.2, -0.15) is 0 Å². The summed E-state index contributed by atoms with van der Waals surface area (Å²) < 4.78 is 0. The lowest BCUT2D eigenvalue weighted by molar-refractivity contribution is 0.214. The average Bonchev–Trinajstić information content (AvgIpc) is 2.03. The third-order valence-electron chi connectivity index (χ3n) is 1.12. The van der Waals surface area contributed by atoms with E-state index in [4.69, 9.17) is 0 Å². The van der Waals surface area contributed by atoms with E-state index in [0.717, 1.165) is 25.7 Å². The van der Waals surface area contributed by atoms with Crippen molar-refractivity contribution in [2.75, 3.05) is 7.11 Å². The van der Waals surface area contributed by atoms with Gasteiger partial charge in [0.25, 0.3) is 0 Å². The molecule has 0 bridgehead atoms. The van der Waals surface area contributed by atoms with Crippen molar-refractivity contribution in [1.82, 2.24) is 0 Å². The Balaban J connectivity index is 3.08. The number of rotatable bonds is 4. The average molecular weight is 153 g/mol. The quantitative estimate of drug-likeness (QED) is 0.262. The smallest absolute Gasteiger partial charge is 0.106 e. The molecule has 0 radical (unpaired) electrons. The zero-order valence-corrected chi connectivity index (χ0v) is 7.26. The summed E-state index contributed by atoms with van der Waals surface area (Å²) in [5.74, 6) is 6.07. The van der Waals surface area contributed by atoms with Crippen molar-refractivity contribution in [3.05, 3.63) is 0 Å². The summed E-state index contributed by atoms with van der Waals surface area (Å²) in [6.07, 6.45) is 5.70. The summed E-state index contributed by atoms with van der Waals surface area (Å²) in [7, 11) is 1.55. The zero-order valence-electron chi connectivity index (χ0n) is 7.26. The van der Waals surface area contributed by atoms with Crippen LogP contribution in [0.2, 0.25) is 0 Å². The van der Waals surface area contributed by atoms with Gasteiger partial charge in [0.15, 0.2) is 0 Å². The fraction of sp³-hybridized carbons (Fsp3) is 0.667. The first-order valence-corrected chi connectivity index (χ1v) is 3.92. The second-order valence-corrected chi connectivity index (χ2v) is 2.07. The van der Waals surface area contributed by atoms with Gasteiger partial charge in [0, 0.05) is 19.1 Å². The van der Waals surface area contributed by atoms with Crippen molar-refractivity contribution in [3.63, 3.8) is 0 Å². The second-order valence-electron chi connectivity index (χ2n) is 2.07. The van der Waals surface area contributed by atoms with Crippen LogP contribution in [0, 0.1) is 11.8 Å². The van der Waals surface area contributed by atoms with E-state index >= 15 is 0 Å². The van der Waals surface area contributed by atoms with E-state index in [1.165, 1.54) is 0 Å². The molecular weight excluding hydrogens is 138 g/mol. The molecule has 0 aromatic carbocycles. The van der Waals surface area contributed by atoms with Crippen LogP contribution in [-0.2, 0) is 4.84 Å². The summed E-state index contributed by atoms with van der Waals surface area (Å²) in [6.45, 7) is 2.05. The molecule has 0 spiro atoms. The molecule has 0 fully saturated rings. The normalized spacial score (nSPS) is 9.27. The minimum absolute atomic E-state index is 0.951. The van der Waals surface area contributed by atoms with Crippen molar-refractivity contribution < 1.29 is 4.84 Å². The molecule has 11 heavy (non-hydrogen) atoms. The molecule has 0 saturated carbocycles. The summed E-state index contributed by atoms with van der Waals surface area (Å²) in [6, 6.07) is 0. The SMILES string of the molecule is CCC#CCCCC=NOC. The molecule has 0 aliphatic heterocycles. The molecule has 62 valence electrons. The van der Waals surface area contributed by atoms with E-state index in [1.807, 2.05) is 0 Å².